The van der Waals surface area contributed by atoms with E-state index in [9.17, 15) is 23.9 Å². The Morgan fingerprint density at radius 3 is 2.44 bits per heavy atom. The van der Waals surface area contributed by atoms with Crippen molar-refractivity contribution in [2.45, 2.75) is 58.6 Å². The van der Waals surface area contributed by atoms with Crippen LogP contribution in [0.4, 0.5) is 4.39 Å². The number of nitrogens with zero attached hydrogens (tertiary/aromatic N) is 4. The molecule has 0 spiro atoms. The number of carboxylic acid groups (broad SMARTS) is 2. The van der Waals surface area contributed by atoms with Crippen LogP contribution in [-0.4, -0.2) is 112 Å². The number of amides is 1. The molecule has 1 fully saturated rings. The van der Waals surface area contributed by atoms with E-state index in [1.807, 2.05) is 11.8 Å². The summed E-state index contributed by atoms with van der Waals surface area (Å²) in [5, 5.41) is 38.2. The monoisotopic (exact) mass is 635 g/mol. The van der Waals surface area contributed by atoms with E-state index in [-0.39, 0.29) is 41.8 Å². The molecule has 3 rings (SSSR count). The summed E-state index contributed by atoms with van der Waals surface area (Å²) in [7, 11) is 1.65. The first kappa shape index (κ1) is 37.5. The molecule has 4 N–H and O–H groups in total. The van der Waals surface area contributed by atoms with Gasteiger partial charge in [0.2, 0.25) is 0 Å². The lowest BCUT2D eigenvalue weighted by Crippen LogP contribution is -2.54. The molecule has 0 radical (unpaired) electrons. The summed E-state index contributed by atoms with van der Waals surface area (Å²) in [6.45, 7) is 9.29. The minimum absolute atomic E-state index is 0.0321. The van der Waals surface area contributed by atoms with E-state index < -0.39 is 23.9 Å². The Morgan fingerprint density at radius 2 is 1.84 bits per heavy atom. The summed E-state index contributed by atoms with van der Waals surface area (Å²) in [5.41, 5.74) is 1.11. The number of hydrogen-bond acceptors (Lipinski definition) is 9. The third-order valence-electron chi connectivity index (χ3n) is 7.09. The number of carbonyl (C=O) groups excluding carboxylic acids is 1. The standard InChI is InChI=1S/C27H42FN5O4.C4H4O4/c1-5-37-18-25(34)20-14-21(16-29-15-20)32(17-19(2)3)27(35)26-24(12-8-9-13-36-4)33(31-30-26)23-11-7-6-10-22(23)28;5-3(6)1-2-4(7)8/h6-7,10-11,19-21,25,29,34H,5,8-9,12-18H2,1-4H3;1-2H,(H,5,6)(H,7,8)/b;2-1+/t20-,21+,25?;/m1./s1. The SMILES string of the molecule is CCOCC(O)[C@H]1CNC[C@@H](N(CC(C)C)C(=O)c2nnn(-c3ccccc3F)c2CCCCOC)C1.O=C(O)/C=C/C(=O)O. The van der Waals surface area contributed by atoms with Gasteiger partial charge in [-0.05, 0) is 50.7 Å². The quantitative estimate of drug-likeness (QED) is 0.158. The number of aliphatic hydroxyl groups is 1. The number of aliphatic carboxylic acids is 2. The van der Waals surface area contributed by atoms with Gasteiger partial charge in [0.05, 0.1) is 18.4 Å². The predicted octanol–water partition coefficient (Wildman–Crippen LogP) is 2.56. The zero-order valence-corrected chi connectivity index (χ0v) is 26.4. The van der Waals surface area contributed by atoms with Crippen LogP contribution in [0.1, 0.15) is 56.2 Å². The number of rotatable bonds is 16. The van der Waals surface area contributed by atoms with Crippen LogP contribution in [0.3, 0.4) is 0 Å². The lowest BCUT2D eigenvalue weighted by atomic mass is 9.89. The van der Waals surface area contributed by atoms with Crippen LogP contribution in [0.5, 0.6) is 0 Å². The molecule has 2 heterocycles. The van der Waals surface area contributed by atoms with E-state index in [1.165, 1.54) is 10.7 Å². The van der Waals surface area contributed by atoms with Gasteiger partial charge in [-0.2, -0.15) is 0 Å². The molecular weight excluding hydrogens is 589 g/mol. The Hall–Kier alpha value is -3.72. The number of unbranched alkanes of at least 4 members (excludes halogenated alkanes) is 1. The second-order valence-corrected chi connectivity index (χ2v) is 11.1. The van der Waals surface area contributed by atoms with Gasteiger partial charge >= 0.3 is 11.9 Å². The van der Waals surface area contributed by atoms with E-state index in [0.717, 1.165) is 12.8 Å². The van der Waals surface area contributed by atoms with Crippen LogP contribution in [0.2, 0.25) is 0 Å². The van der Waals surface area contributed by atoms with E-state index in [1.54, 1.807) is 25.3 Å². The first-order chi connectivity index (χ1) is 21.5. The van der Waals surface area contributed by atoms with Crippen molar-refractivity contribution in [2.75, 3.05) is 46.6 Å². The Morgan fingerprint density at radius 1 is 1.16 bits per heavy atom. The number of carboxylic acids is 2. The van der Waals surface area contributed by atoms with Crippen molar-refractivity contribution in [1.82, 2.24) is 25.2 Å². The van der Waals surface area contributed by atoms with Gasteiger partial charge < -0.3 is 35.0 Å². The minimum atomic E-state index is -1.26. The number of ether oxygens (including phenoxy) is 2. The number of carbonyl (C=O) groups is 3. The average molecular weight is 636 g/mol. The van der Waals surface area contributed by atoms with Crippen molar-refractivity contribution < 1.29 is 43.6 Å². The Bertz CT molecular complexity index is 1240. The van der Waals surface area contributed by atoms with Crippen molar-refractivity contribution >= 4 is 17.8 Å². The van der Waals surface area contributed by atoms with Gasteiger partial charge in [-0.15, -0.1) is 5.10 Å². The molecule has 0 saturated carbocycles. The summed E-state index contributed by atoms with van der Waals surface area (Å²) < 4.78 is 26.8. The fraction of sp³-hybridized carbons (Fsp3) is 0.581. The van der Waals surface area contributed by atoms with Crippen molar-refractivity contribution in [3.05, 3.63) is 53.6 Å². The lowest BCUT2D eigenvalue weighted by Gasteiger charge is -2.40. The largest absolute Gasteiger partial charge is 0.478 e. The van der Waals surface area contributed by atoms with E-state index >= 15 is 0 Å². The maximum atomic E-state index is 14.7. The van der Waals surface area contributed by atoms with E-state index in [4.69, 9.17) is 19.7 Å². The normalized spacial score (nSPS) is 17.1. The van der Waals surface area contributed by atoms with Crippen LogP contribution in [0, 0.1) is 17.7 Å². The summed E-state index contributed by atoms with van der Waals surface area (Å²) in [6, 6.07) is 6.25. The summed E-state index contributed by atoms with van der Waals surface area (Å²) in [4.78, 5) is 35.0. The zero-order valence-electron chi connectivity index (χ0n) is 26.4. The number of halogens is 1. The number of aliphatic hydroxyl groups excluding tert-OH is 1. The molecule has 13 nitrogen and oxygen atoms in total. The molecule has 1 saturated heterocycles. The van der Waals surface area contributed by atoms with Gasteiger partial charge in [0.15, 0.2) is 5.69 Å². The minimum Gasteiger partial charge on any atom is -0.478 e. The van der Waals surface area contributed by atoms with Gasteiger partial charge in [0.25, 0.3) is 5.91 Å². The first-order valence-electron chi connectivity index (χ1n) is 15.1. The van der Waals surface area contributed by atoms with Crippen LogP contribution < -0.4 is 5.32 Å². The summed E-state index contributed by atoms with van der Waals surface area (Å²) in [5.74, 6) is -2.96. The topological polar surface area (TPSA) is 176 Å². The molecule has 0 bridgehead atoms. The fourth-order valence-electron chi connectivity index (χ4n) is 4.97. The molecule has 45 heavy (non-hydrogen) atoms. The van der Waals surface area contributed by atoms with E-state index in [2.05, 4.69) is 29.5 Å². The number of piperidine rings is 1. The molecule has 2 aromatic rings. The molecular formula is C31H46FN5O8. The van der Waals surface area contributed by atoms with E-state index in [0.29, 0.717) is 63.5 Å². The van der Waals surface area contributed by atoms with Crippen LogP contribution in [0.25, 0.3) is 5.69 Å². The summed E-state index contributed by atoms with van der Waals surface area (Å²) >= 11 is 0. The highest BCUT2D eigenvalue weighted by atomic mass is 19.1. The van der Waals surface area contributed by atoms with Crippen LogP contribution in [-0.2, 0) is 25.5 Å². The van der Waals surface area contributed by atoms with Gasteiger partial charge in [0, 0.05) is 64.1 Å². The molecule has 1 aliphatic rings. The van der Waals surface area contributed by atoms with Gasteiger partial charge in [-0.1, -0.05) is 31.2 Å². The number of benzene rings is 1. The molecule has 1 amide bonds. The second-order valence-electron chi connectivity index (χ2n) is 11.1. The smallest absolute Gasteiger partial charge is 0.328 e. The third kappa shape index (κ3) is 12.3. The molecule has 1 aromatic heterocycles. The predicted molar refractivity (Wildman–Crippen MR) is 164 cm³/mol. The third-order valence-corrected chi connectivity index (χ3v) is 7.09. The average Bonchev–Trinajstić information content (AvgIpc) is 3.43. The summed E-state index contributed by atoms with van der Waals surface area (Å²) in [6.07, 6.45) is 3.23. The van der Waals surface area contributed by atoms with Crippen molar-refractivity contribution in [2.24, 2.45) is 11.8 Å². The maximum absolute atomic E-state index is 14.7. The molecule has 1 unspecified atom stereocenters. The van der Waals surface area contributed by atoms with Crippen molar-refractivity contribution in [3.8, 4) is 5.69 Å². The number of para-hydroxylation sites is 1. The van der Waals surface area contributed by atoms with Crippen LogP contribution in [0.15, 0.2) is 36.4 Å². The Balaban J connectivity index is 0.000000777. The van der Waals surface area contributed by atoms with Crippen molar-refractivity contribution in [1.29, 1.82) is 0 Å². The number of methoxy groups -OCH3 is 1. The molecule has 250 valence electrons. The van der Waals surface area contributed by atoms with Gasteiger partial charge in [-0.25, -0.2) is 18.7 Å². The first-order valence-corrected chi connectivity index (χ1v) is 15.1. The Labute approximate surface area is 263 Å². The molecule has 1 aromatic carbocycles. The highest BCUT2D eigenvalue weighted by Gasteiger charge is 2.35. The zero-order chi connectivity index (χ0) is 33.4. The Kier molecular flexibility index (Phi) is 16.3. The molecule has 3 atom stereocenters. The van der Waals surface area contributed by atoms with Gasteiger partial charge in [0.1, 0.15) is 11.5 Å². The maximum Gasteiger partial charge on any atom is 0.328 e. The lowest BCUT2D eigenvalue weighted by molar-refractivity contribution is -0.134. The molecule has 0 aliphatic carbocycles. The number of hydrogen-bond donors (Lipinski definition) is 4. The second kappa shape index (κ2) is 19.6. The van der Waals surface area contributed by atoms with Gasteiger partial charge in [-0.3, -0.25) is 4.79 Å². The van der Waals surface area contributed by atoms with Crippen LogP contribution >= 0.6 is 0 Å². The highest BCUT2D eigenvalue weighted by Crippen LogP contribution is 2.25. The molecule has 1 aliphatic heterocycles. The molecule has 14 heteroatoms. The number of nitrogens with one attached hydrogen (secondary N) is 1. The number of aromatic nitrogens is 3. The highest BCUT2D eigenvalue weighted by molar-refractivity contribution is 5.93. The fourth-order valence-corrected chi connectivity index (χ4v) is 4.97. The van der Waals surface area contributed by atoms with Crippen molar-refractivity contribution in [3.63, 3.8) is 0 Å².